The number of methoxy groups -OCH3 is 1. The van der Waals surface area contributed by atoms with E-state index in [1.54, 1.807) is 24.3 Å². The van der Waals surface area contributed by atoms with Gasteiger partial charge in [0.05, 0.1) is 24.3 Å². The van der Waals surface area contributed by atoms with Crippen molar-refractivity contribution in [3.8, 4) is 6.07 Å². The molecule has 2 aromatic rings. The molecule has 0 bridgehead atoms. The zero-order chi connectivity index (χ0) is 16.1. The molecule has 4 nitrogen and oxygen atoms in total. The van der Waals surface area contributed by atoms with Crippen molar-refractivity contribution in [3.05, 3.63) is 62.8 Å². The van der Waals surface area contributed by atoms with Gasteiger partial charge < -0.3 is 4.74 Å². The second kappa shape index (κ2) is 7.21. The normalized spacial score (nSPS) is 10.9. The molecule has 0 saturated carbocycles. The zero-order valence-corrected chi connectivity index (χ0v) is 13.9. The molecule has 0 spiro atoms. The Kier molecular flexibility index (Phi) is 5.31. The highest BCUT2D eigenvalue weighted by Gasteiger charge is 2.10. The maximum atomic E-state index is 11.5. The van der Waals surface area contributed by atoms with Crippen LogP contribution in [0.5, 0.6) is 0 Å². The van der Waals surface area contributed by atoms with Gasteiger partial charge in [0.2, 0.25) is 0 Å². The minimum atomic E-state index is -0.506. The predicted octanol–water partition coefficient (Wildman–Crippen LogP) is 4.35. The number of carbonyl (C=O) groups excluding carboxylic acids is 1. The Labute approximate surface area is 141 Å². The lowest BCUT2D eigenvalue weighted by Gasteiger charge is -2.04. The van der Waals surface area contributed by atoms with Crippen molar-refractivity contribution in [2.45, 2.75) is 0 Å². The molecular formula is C16H10BrClN2O2. The van der Waals surface area contributed by atoms with Crippen LogP contribution in [0.3, 0.4) is 0 Å². The van der Waals surface area contributed by atoms with Crippen molar-refractivity contribution < 1.29 is 9.53 Å². The first-order chi connectivity index (χ1) is 10.5. The van der Waals surface area contributed by atoms with Crippen molar-refractivity contribution in [1.29, 1.82) is 5.26 Å². The van der Waals surface area contributed by atoms with Crippen LogP contribution in [0, 0.1) is 11.3 Å². The van der Waals surface area contributed by atoms with E-state index in [-0.39, 0.29) is 5.56 Å². The first-order valence-corrected chi connectivity index (χ1v) is 7.33. The fourth-order valence-corrected chi connectivity index (χ4v) is 2.50. The van der Waals surface area contributed by atoms with Gasteiger partial charge in [-0.1, -0.05) is 33.6 Å². The van der Waals surface area contributed by atoms with Crippen LogP contribution in [-0.4, -0.2) is 18.1 Å². The smallest absolute Gasteiger partial charge is 0.339 e. The first-order valence-electron chi connectivity index (χ1n) is 6.15. The number of ether oxygens (including phenoxy) is 1. The minimum Gasteiger partial charge on any atom is -0.465 e. The Bertz CT molecular complexity index is 797. The average molecular weight is 378 g/mol. The molecule has 0 radical (unpaired) electrons. The predicted molar refractivity (Wildman–Crippen MR) is 88.2 cm³/mol. The van der Waals surface area contributed by atoms with Crippen LogP contribution in [-0.2, 0) is 4.74 Å². The first kappa shape index (κ1) is 16.2. The summed E-state index contributed by atoms with van der Waals surface area (Å²) < 4.78 is 5.50. The van der Waals surface area contributed by atoms with Gasteiger partial charge in [-0.2, -0.15) is 5.26 Å². The highest BCUT2D eigenvalue weighted by atomic mass is 79.9. The number of nitrogens with zero attached hydrogens (tertiary/aromatic N) is 2. The number of halogens is 2. The number of rotatable bonds is 3. The quantitative estimate of drug-likeness (QED) is 0.589. The van der Waals surface area contributed by atoms with Crippen molar-refractivity contribution >= 4 is 45.1 Å². The third-order valence-electron chi connectivity index (χ3n) is 2.85. The zero-order valence-electron chi connectivity index (χ0n) is 11.5. The number of aromatic nitrogens is 1. The molecule has 0 amide bonds. The lowest BCUT2D eigenvalue weighted by Crippen LogP contribution is -2.02. The number of benzene rings is 1. The summed E-state index contributed by atoms with van der Waals surface area (Å²) in [6, 6.07) is 9.01. The number of allylic oxidation sites excluding steroid dienone is 1. The average Bonchev–Trinajstić information content (AvgIpc) is 2.53. The van der Waals surface area contributed by atoms with E-state index in [9.17, 15) is 10.1 Å². The maximum Gasteiger partial charge on any atom is 0.339 e. The Hall–Kier alpha value is -2.16. The lowest BCUT2D eigenvalue weighted by atomic mass is 10.0. The standard InChI is InChI=1S/C16H10BrClN2O2/c1-22-16(21)13-5-12(8-20-9-13)11(7-19)4-10-2-3-14(17)6-15(10)18/h2-6,8-9H,1H3/b11-4+. The topological polar surface area (TPSA) is 63.0 Å². The molecule has 6 heteroatoms. The molecule has 1 aromatic carbocycles. The molecule has 0 N–H and O–H groups in total. The van der Waals surface area contributed by atoms with Gasteiger partial charge in [-0.05, 0) is 29.8 Å². The number of pyridine rings is 1. The number of nitriles is 1. The summed E-state index contributed by atoms with van der Waals surface area (Å²) in [5.74, 6) is -0.506. The van der Waals surface area contributed by atoms with Gasteiger partial charge in [0.1, 0.15) is 0 Å². The van der Waals surface area contributed by atoms with E-state index in [2.05, 4.69) is 31.7 Å². The van der Waals surface area contributed by atoms with E-state index in [1.165, 1.54) is 19.5 Å². The summed E-state index contributed by atoms with van der Waals surface area (Å²) in [6.07, 6.45) is 4.54. The minimum absolute atomic E-state index is 0.281. The third kappa shape index (κ3) is 3.73. The van der Waals surface area contributed by atoms with Crippen molar-refractivity contribution in [2.24, 2.45) is 0 Å². The Morgan fingerprint density at radius 2 is 2.09 bits per heavy atom. The second-order valence-electron chi connectivity index (χ2n) is 4.29. The summed E-state index contributed by atoms with van der Waals surface area (Å²) in [4.78, 5) is 15.5. The summed E-state index contributed by atoms with van der Waals surface area (Å²) in [5.41, 5.74) is 1.85. The molecule has 0 aliphatic carbocycles. The van der Waals surface area contributed by atoms with Gasteiger partial charge in [-0.3, -0.25) is 4.98 Å². The molecule has 0 unspecified atom stereocenters. The largest absolute Gasteiger partial charge is 0.465 e. The Balaban J connectivity index is 2.46. The van der Waals surface area contributed by atoms with Crippen molar-refractivity contribution in [1.82, 2.24) is 4.98 Å². The van der Waals surface area contributed by atoms with Crippen LogP contribution >= 0.6 is 27.5 Å². The van der Waals surface area contributed by atoms with E-state index < -0.39 is 5.97 Å². The molecule has 0 fully saturated rings. The van der Waals surface area contributed by atoms with Gasteiger partial charge in [0.25, 0.3) is 0 Å². The highest BCUT2D eigenvalue weighted by molar-refractivity contribution is 9.10. The SMILES string of the molecule is COC(=O)c1cncc(/C(C#N)=C/c2ccc(Br)cc2Cl)c1. The Morgan fingerprint density at radius 3 is 2.73 bits per heavy atom. The molecule has 110 valence electrons. The van der Waals surface area contributed by atoms with E-state index in [4.69, 9.17) is 11.6 Å². The van der Waals surface area contributed by atoms with Crippen LogP contribution in [0.25, 0.3) is 11.6 Å². The number of esters is 1. The van der Waals surface area contributed by atoms with Gasteiger partial charge in [-0.25, -0.2) is 4.79 Å². The number of hydrogen-bond acceptors (Lipinski definition) is 4. The van der Waals surface area contributed by atoms with E-state index >= 15 is 0 Å². The van der Waals surface area contributed by atoms with Crippen LogP contribution in [0.1, 0.15) is 21.5 Å². The van der Waals surface area contributed by atoms with E-state index in [0.717, 1.165) is 4.47 Å². The molecule has 2 rings (SSSR count). The molecule has 22 heavy (non-hydrogen) atoms. The van der Waals surface area contributed by atoms with Gasteiger partial charge in [0.15, 0.2) is 0 Å². The highest BCUT2D eigenvalue weighted by Crippen LogP contribution is 2.26. The second-order valence-corrected chi connectivity index (χ2v) is 5.61. The summed E-state index contributed by atoms with van der Waals surface area (Å²) in [6.45, 7) is 0. The fourth-order valence-electron chi connectivity index (χ4n) is 1.77. The van der Waals surface area contributed by atoms with Crippen LogP contribution < -0.4 is 0 Å². The van der Waals surface area contributed by atoms with E-state index in [0.29, 0.717) is 21.7 Å². The fraction of sp³-hybridized carbons (Fsp3) is 0.0625. The molecular weight excluding hydrogens is 368 g/mol. The number of carbonyl (C=O) groups is 1. The van der Waals surface area contributed by atoms with Gasteiger partial charge in [-0.15, -0.1) is 0 Å². The molecule has 0 aliphatic heterocycles. The summed E-state index contributed by atoms with van der Waals surface area (Å²) >= 11 is 9.47. The molecule has 0 aliphatic rings. The van der Waals surface area contributed by atoms with Crippen LogP contribution in [0.2, 0.25) is 5.02 Å². The maximum absolute atomic E-state index is 11.5. The van der Waals surface area contributed by atoms with E-state index in [1.807, 2.05) is 6.07 Å². The lowest BCUT2D eigenvalue weighted by molar-refractivity contribution is 0.0600. The van der Waals surface area contributed by atoms with Crippen molar-refractivity contribution in [3.63, 3.8) is 0 Å². The van der Waals surface area contributed by atoms with Crippen molar-refractivity contribution in [2.75, 3.05) is 7.11 Å². The molecule has 1 aromatic heterocycles. The molecule has 1 heterocycles. The number of hydrogen-bond donors (Lipinski definition) is 0. The molecule has 0 saturated heterocycles. The summed E-state index contributed by atoms with van der Waals surface area (Å²) in [7, 11) is 1.29. The summed E-state index contributed by atoms with van der Waals surface area (Å²) in [5, 5.41) is 9.87. The van der Waals surface area contributed by atoms with Crippen LogP contribution in [0.4, 0.5) is 0 Å². The van der Waals surface area contributed by atoms with Gasteiger partial charge in [0, 0.05) is 27.5 Å². The monoisotopic (exact) mass is 376 g/mol. The molecule has 0 atom stereocenters. The van der Waals surface area contributed by atoms with Crippen LogP contribution in [0.15, 0.2) is 41.1 Å². The third-order valence-corrected chi connectivity index (χ3v) is 3.67. The Morgan fingerprint density at radius 1 is 1.36 bits per heavy atom. The van der Waals surface area contributed by atoms with Gasteiger partial charge >= 0.3 is 5.97 Å².